The highest BCUT2D eigenvalue weighted by atomic mass is 16.1. The van der Waals surface area contributed by atoms with E-state index in [9.17, 15) is 4.79 Å². The van der Waals surface area contributed by atoms with Gasteiger partial charge in [-0.3, -0.25) is 4.79 Å². The zero-order valence-corrected chi connectivity index (χ0v) is 11.1. The van der Waals surface area contributed by atoms with E-state index in [0.29, 0.717) is 18.1 Å². The van der Waals surface area contributed by atoms with Crippen LogP contribution in [-0.2, 0) is 11.2 Å². The summed E-state index contributed by atoms with van der Waals surface area (Å²) in [5.74, 6) is 1.51. The number of carbonyl (C=O) groups excluding carboxylic acids is 1. The maximum Gasteiger partial charge on any atom is 0.140 e. The molecule has 1 fully saturated rings. The van der Waals surface area contributed by atoms with Crippen molar-refractivity contribution in [2.75, 3.05) is 0 Å². The Morgan fingerprint density at radius 2 is 1.88 bits per heavy atom. The van der Waals surface area contributed by atoms with E-state index >= 15 is 0 Å². The maximum absolute atomic E-state index is 12.3. The predicted molar refractivity (Wildman–Crippen MR) is 71.1 cm³/mol. The summed E-state index contributed by atoms with van der Waals surface area (Å²) >= 11 is 0. The SMILES string of the molecule is Cc1cccc(C)c1CC(=O)C1CCC(C)C1. The highest BCUT2D eigenvalue weighted by molar-refractivity contribution is 5.84. The average molecular weight is 230 g/mol. The smallest absolute Gasteiger partial charge is 0.140 e. The monoisotopic (exact) mass is 230 g/mol. The van der Waals surface area contributed by atoms with Crippen LogP contribution in [0.3, 0.4) is 0 Å². The fourth-order valence-electron chi connectivity index (χ4n) is 2.95. The summed E-state index contributed by atoms with van der Waals surface area (Å²) < 4.78 is 0. The van der Waals surface area contributed by atoms with Crippen LogP contribution in [-0.4, -0.2) is 5.78 Å². The van der Waals surface area contributed by atoms with Gasteiger partial charge in [0, 0.05) is 12.3 Å². The normalized spacial score (nSPS) is 23.9. The number of hydrogen-bond acceptors (Lipinski definition) is 1. The van der Waals surface area contributed by atoms with Crippen molar-refractivity contribution in [1.82, 2.24) is 0 Å². The second-order valence-electron chi connectivity index (χ2n) is 5.63. The second kappa shape index (κ2) is 5.03. The van der Waals surface area contributed by atoms with Crippen LogP contribution in [0.2, 0.25) is 0 Å². The molecule has 1 saturated carbocycles. The van der Waals surface area contributed by atoms with Gasteiger partial charge in [0.05, 0.1) is 0 Å². The van der Waals surface area contributed by atoms with E-state index in [1.54, 1.807) is 0 Å². The van der Waals surface area contributed by atoms with Crippen molar-refractivity contribution < 1.29 is 4.79 Å². The molecule has 1 aliphatic carbocycles. The van der Waals surface area contributed by atoms with Gasteiger partial charge in [0.15, 0.2) is 0 Å². The molecule has 0 amide bonds. The number of carbonyl (C=O) groups is 1. The van der Waals surface area contributed by atoms with Gasteiger partial charge in [-0.2, -0.15) is 0 Å². The van der Waals surface area contributed by atoms with Crippen molar-refractivity contribution in [2.24, 2.45) is 11.8 Å². The van der Waals surface area contributed by atoms with Gasteiger partial charge in [-0.15, -0.1) is 0 Å². The number of ketones is 1. The average Bonchev–Trinajstić information content (AvgIpc) is 2.70. The standard InChI is InChI=1S/C16H22O/c1-11-7-8-14(9-11)16(17)10-15-12(2)5-4-6-13(15)3/h4-6,11,14H,7-10H2,1-3H3. The summed E-state index contributed by atoms with van der Waals surface area (Å²) in [4.78, 5) is 12.3. The molecule has 1 nitrogen and oxygen atoms in total. The van der Waals surface area contributed by atoms with Gasteiger partial charge in [-0.05, 0) is 55.7 Å². The first kappa shape index (κ1) is 12.3. The first-order chi connectivity index (χ1) is 8.08. The third kappa shape index (κ3) is 2.77. The Balaban J connectivity index is 2.08. The zero-order valence-electron chi connectivity index (χ0n) is 11.1. The van der Waals surface area contributed by atoms with Crippen LogP contribution in [0.5, 0.6) is 0 Å². The molecule has 17 heavy (non-hydrogen) atoms. The molecule has 0 aliphatic heterocycles. The fraction of sp³-hybridized carbons (Fsp3) is 0.562. The van der Waals surface area contributed by atoms with Gasteiger partial charge < -0.3 is 0 Å². The first-order valence-corrected chi connectivity index (χ1v) is 6.65. The number of hydrogen-bond donors (Lipinski definition) is 0. The van der Waals surface area contributed by atoms with Crippen LogP contribution in [0.25, 0.3) is 0 Å². The van der Waals surface area contributed by atoms with Crippen LogP contribution < -0.4 is 0 Å². The molecule has 0 spiro atoms. The lowest BCUT2D eigenvalue weighted by atomic mass is 9.91. The van der Waals surface area contributed by atoms with Crippen molar-refractivity contribution in [3.05, 3.63) is 34.9 Å². The highest BCUT2D eigenvalue weighted by Gasteiger charge is 2.27. The van der Waals surface area contributed by atoms with Gasteiger partial charge in [0.1, 0.15) is 5.78 Å². The molecule has 1 aromatic rings. The molecular weight excluding hydrogens is 208 g/mol. The lowest BCUT2D eigenvalue weighted by Crippen LogP contribution is -2.15. The molecule has 2 atom stereocenters. The Hall–Kier alpha value is -1.11. The molecule has 1 aliphatic rings. The molecule has 2 unspecified atom stereocenters. The van der Waals surface area contributed by atoms with E-state index < -0.39 is 0 Å². The lowest BCUT2D eigenvalue weighted by molar-refractivity contribution is -0.122. The quantitative estimate of drug-likeness (QED) is 0.770. The van der Waals surface area contributed by atoms with Gasteiger partial charge >= 0.3 is 0 Å². The Morgan fingerprint density at radius 3 is 2.41 bits per heavy atom. The molecule has 1 heteroatoms. The molecule has 0 N–H and O–H groups in total. The molecule has 0 saturated heterocycles. The molecule has 2 rings (SSSR count). The van der Waals surface area contributed by atoms with Crippen LogP contribution >= 0.6 is 0 Å². The van der Waals surface area contributed by atoms with Crippen molar-refractivity contribution >= 4 is 5.78 Å². The maximum atomic E-state index is 12.3. The number of aryl methyl sites for hydroxylation is 2. The van der Waals surface area contributed by atoms with Crippen LogP contribution in [0.1, 0.15) is 42.9 Å². The largest absolute Gasteiger partial charge is 0.299 e. The molecule has 0 bridgehead atoms. The molecule has 0 heterocycles. The molecule has 0 aromatic heterocycles. The molecule has 92 valence electrons. The summed E-state index contributed by atoms with van der Waals surface area (Å²) in [5.41, 5.74) is 3.76. The number of benzene rings is 1. The van der Waals surface area contributed by atoms with Crippen LogP contribution in [0, 0.1) is 25.7 Å². The van der Waals surface area contributed by atoms with Gasteiger partial charge in [-0.1, -0.05) is 25.1 Å². The first-order valence-electron chi connectivity index (χ1n) is 6.65. The van der Waals surface area contributed by atoms with Crippen LogP contribution in [0.4, 0.5) is 0 Å². The van der Waals surface area contributed by atoms with E-state index in [2.05, 4.69) is 39.0 Å². The van der Waals surface area contributed by atoms with Crippen molar-refractivity contribution in [1.29, 1.82) is 0 Å². The van der Waals surface area contributed by atoms with E-state index in [4.69, 9.17) is 0 Å². The summed E-state index contributed by atoms with van der Waals surface area (Å²) in [6.45, 7) is 6.46. The predicted octanol–water partition coefficient (Wildman–Crippen LogP) is 3.85. The molecular formula is C16H22O. The number of Topliss-reactive ketones (excluding diaryl/α,β-unsaturated/α-hetero) is 1. The van der Waals surface area contributed by atoms with E-state index in [1.807, 2.05) is 0 Å². The summed E-state index contributed by atoms with van der Waals surface area (Å²) in [6, 6.07) is 6.27. The van der Waals surface area contributed by atoms with Gasteiger partial charge in [0.2, 0.25) is 0 Å². The van der Waals surface area contributed by atoms with Crippen molar-refractivity contribution in [3.8, 4) is 0 Å². The van der Waals surface area contributed by atoms with Crippen LogP contribution in [0.15, 0.2) is 18.2 Å². The van der Waals surface area contributed by atoms with E-state index in [-0.39, 0.29) is 0 Å². The Morgan fingerprint density at radius 1 is 1.24 bits per heavy atom. The van der Waals surface area contributed by atoms with Crippen molar-refractivity contribution in [3.63, 3.8) is 0 Å². The minimum Gasteiger partial charge on any atom is -0.299 e. The second-order valence-corrected chi connectivity index (χ2v) is 5.63. The number of rotatable bonds is 3. The minimum atomic E-state index is 0.323. The lowest BCUT2D eigenvalue weighted by Gasteiger charge is -2.12. The van der Waals surface area contributed by atoms with E-state index in [0.717, 1.165) is 18.8 Å². The summed E-state index contributed by atoms with van der Waals surface area (Å²) in [5, 5.41) is 0. The van der Waals surface area contributed by atoms with Gasteiger partial charge in [-0.25, -0.2) is 0 Å². The minimum absolute atomic E-state index is 0.323. The third-order valence-electron chi connectivity index (χ3n) is 4.15. The summed E-state index contributed by atoms with van der Waals surface area (Å²) in [6.07, 6.45) is 4.06. The Labute approximate surface area is 104 Å². The molecule has 1 aromatic carbocycles. The van der Waals surface area contributed by atoms with Gasteiger partial charge in [0.25, 0.3) is 0 Å². The zero-order chi connectivity index (χ0) is 12.4. The summed E-state index contributed by atoms with van der Waals surface area (Å²) in [7, 11) is 0. The highest BCUT2D eigenvalue weighted by Crippen LogP contribution is 2.32. The molecule has 0 radical (unpaired) electrons. The Kier molecular flexibility index (Phi) is 3.66. The third-order valence-corrected chi connectivity index (χ3v) is 4.15. The van der Waals surface area contributed by atoms with E-state index in [1.165, 1.54) is 23.1 Å². The van der Waals surface area contributed by atoms with Crippen molar-refractivity contribution in [2.45, 2.75) is 46.5 Å². The Bertz CT molecular complexity index is 399. The fourth-order valence-corrected chi connectivity index (χ4v) is 2.95. The topological polar surface area (TPSA) is 17.1 Å².